The van der Waals surface area contributed by atoms with Gasteiger partial charge in [0.2, 0.25) is 0 Å². The Hall–Kier alpha value is -5.92. The van der Waals surface area contributed by atoms with Crippen LogP contribution in [0.4, 0.5) is 11.6 Å². The number of nitrogen functional groups attached to an aromatic ring is 1. The maximum atomic E-state index is 14.1. The number of carbonyl (C=O) groups excluding carboxylic acids is 1. The smallest absolute Gasteiger partial charge is 0.333 e. The van der Waals surface area contributed by atoms with E-state index in [2.05, 4.69) is 23.3 Å². The molecule has 0 saturated heterocycles. The number of nitrogens with two attached hydrogens (primary N) is 1. The van der Waals surface area contributed by atoms with Crippen molar-refractivity contribution in [2.45, 2.75) is 115 Å². The summed E-state index contributed by atoms with van der Waals surface area (Å²) in [6.45, 7) is 6.52. The molecule has 0 amide bonds. The summed E-state index contributed by atoms with van der Waals surface area (Å²) < 4.78 is 20.4. The number of allylic oxidation sites excluding steroid dienone is 1. The van der Waals surface area contributed by atoms with Crippen LogP contribution in [0.2, 0.25) is 0 Å². The number of aromatic nitrogens is 2. The van der Waals surface area contributed by atoms with Gasteiger partial charge in [-0.05, 0) is 118 Å². The van der Waals surface area contributed by atoms with Crippen molar-refractivity contribution in [3.8, 4) is 17.2 Å². The Morgan fingerprint density at radius 1 is 1.07 bits per heavy atom. The number of aryl methyl sites for hydroxylation is 2. The highest BCUT2D eigenvalue weighted by atomic mass is 16.6. The van der Waals surface area contributed by atoms with E-state index in [4.69, 9.17) is 24.6 Å². The van der Waals surface area contributed by atoms with Crippen molar-refractivity contribution < 1.29 is 39.1 Å². The Labute approximate surface area is 353 Å². The summed E-state index contributed by atoms with van der Waals surface area (Å²) in [4.78, 5) is 37.5. The molecule has 61 heavy (non-hydrogen) atoms. The molecule has 0 fully saturated rings. The van der Waals surface area contributed by atoms with E-state index in [1.165, 1.54) is 0 Å². The van der Waals surface area contributed by atoms with E-state index >= 15 is 0 Å². The fraction of sp³-hybridized carbons (Fsp3) is 0.417. The predicted molar refractivity (Wildman–Crippen MR) is 229 cm³/mol. The molecule has 2 aromatic carbocycles. The van der Waals surface area contributed by atoms with Crippen LogP contribution in [0.25, 0.3) is 11.0 Å². The number of aliphatic hydroxyl groups excluding tert-OH is 2. The minimum atomic E-state index is -1.28. The number of esters is 1. The van der Waals surface area contributed by atoms with Crippen LogP contribution in [0.5, 0.6) is 17.2 Å². The highest BCUT2D eigenvalue weighted by Crippen LogP contribution is 2.58. The van der Waals surface area contributed by atoms with E-state index in [0.717, 1.165) is 52.5 Å². The summed E-state index contributed by atoms with van der Waals surface area (Å²) in [5, 5.41) is 48.6. The molecule has 3 aliphatic heterocycles. The van der Waals surface area contributed by atoms with Crippen LogP contribution >= 0.6 is 0 Å². The van der Waals surface area contributed by atoms with Crippen LogP contribution in [0.15, 0.2) is 69.7 Å². The van der Waals surface area contributed by atoms with Crippen molar-refractivity contribution in [1.82, 2.24) is 9.97 Å². The van der Waals surface area contributed by atoms with Gasteiger partial charge in [0.25, 0.3) is 0 Å². The summed E-state index contributed by atoms with van der Waals surface area (Å²) >= 11 is 0. The number of phenols is 2. The topological polar surface area (TPSA) is 210 Å². The molecule has 5 aromatic rings. The van der Waals surface area contributed by atoms with E-state index < -0.39 is 48.2 Å². The lowest BCUT2D eigenvalue weighted by Gasteiger charge is -2.49. The number of nitrogens with zero attached hydrogens (tertiary/aromatic N) is 2. The number of benzene rings is 2. The molecule has 0 spiro atoms. The van der Waals surface area contributed by atoms with Gasteiger partial charge in [-0.3, -0.25) is 4.79 Å². The quantitative estimate of drug-likeness (QED) is 0.0790. The molecule has 1 aliphatic carbocycles. The average Bonchev–Trinajstić information content (AvgIpc) is 3.29. The summed E-state index contributed by atoms with van der Waals surface area (Å²) in [5.41, 5.74) is 11.3. The first-order valence-corrected chi connectivity index (χ1v) is 21.2. The third-order valence-electron chi connectivity index (χ3n) is 13.9. The van der Waals surface area contributed by atoms with Gasteiger partial charge in [-0.15, -0.1) is 0 Å². The van der Waals surface area contributed by atoms with E-state index in [1.54, 1.807) is 38.3 Å². The molecule has 7 N–H and O–H groups in total. The predicted octanol–water partition coefficient (Wildman–Crippen LogP) is 6.59. The summed E-state index contributed by atoms with van der Waals surface area (Å²) in [5.74, 6) is -1.82. The number of rotatable bonds is 6. The van der Waals surface area contributed by atoms with Gasteiger partial charge in [0, 0.05) is 70.9 Å². The van der Waals surface area contributed by atoms with Gasteiger partial charge in [0.05, 0.1) is 6.61 Å². The summed E-state index contributed by atoms with van der Waals surface area (Å²) in [6.07, 6.45) is 8.18. The molecule has 0 radical (unpaired) electrons. The lowest BCUT2D eigenvalue weighted by atomic mass is 9.67. The van der Waals surface area contributed by atoms with E-state index in [9.17, 15) is 30.0 Å². The number of phenolic OH excluding ortho intramolecular Hbond substituents is 2. The van der Waals surface area contributed by atoms with E-state index in [-0.39, 0.29) is 57.8 Å². The lowest BCUT2D eigenvalue weighted by Crippen LogP contribution is -2.57. The standard InChI is InChI=1S/C48H52N4O9/c1-5-23(2)47(58)60-37-19-34-42(57)40-36(56)18-31(21-53)59-44(40)41-39-32-12-13-50-45(49)38(32)27(9-8-26-10-11-30(55)17-33(26)35(39)22-54)16-29(48(37,4)61-43(34)41)15-25-14-28-7-6-24(3)52-46(28)51-20-25/h5,10-14,17-18,20,24,27,29,35,37,39,53-55,57H,6-9,15-16,19,21-22H2,1-4H3,(H2,49,50)(H,51,52)/b23-5-/t24-,27-,29+,35+,37+,39+,48-/m0/s1. The summed E-state index contributed by atoms with van der Waals surface area (Å²) in [7, 11) is 0. The van der Waals surface area contributed by atoms with E-state index in [0.29, 0.717) is 54.2 Å². The number of nitrogens with one attached hydrogen (secondary N) is 1. The van der Waals surface area contributed by atoms with Crippen molar-refractivity contribution in [1.29, 1.82) is 0 Å². The number of aliphatic hydroxyl groups is 2. The number of hydrogen-bond donors (Lipinski definition) is 6. The number of ether oxygens (including phenoxy) is 2. The van der Waals surface area contributed by atoms with Gasteiger partial charge < -0.3 is 45.4 Å². The SMILES string of the molecule is C/C=C(/C)C(=O)O[C@@H]1Cc2c3c(c4oc(CO)cc(=O)c4c2O)[C@@H]2c4ccnc(N)c4[C@@H](CCc4ccc(O)cc4[C@H]2CO)C[C@@H](Cc2cnc4c(c2)CC[C@H](C)N4)[C@]1(C)O3. The Morgan fingerprint density at radius 2 is 1.87 bits per heavy atom. The second-order valence-corrected chi connectivity index (χ2v) is 17.5. The minimum absolute atomic E-state index is 0.0182. The van der Waals surface area contributed by atoms with Crippen LogP contribution in [-0.4, -0.2) is 60.7 Å². The van der Waals surface area contributed by atoms with Crippen molar-refractivity contribution in [3.63, 3.8) is 0 Å². The Morgan fingerprint density at radius 3 is 2.64 bits per heavy atom. The zero-order chi connectivity index (χ0) is 42.9. The van der Waals surface area contributed by atoms with Gasteiger partial charge in [0.1, 0.15) is 63.9 Å². The monoisotopic (exact) mass is 828 g/mol. The van der Waals surface area contributed by atoms with Crippen molar-refractivity contribution in [2.75, 3.05) is 17.7 Å². The molecule has 3 aromatic heterocycles. The van der Waals surface area contributed by atoms with Gasteiger partial charge in [0.15, 0.2) is 5.43 Å². The van der Waals surface area contributed by atoms with Gasteiger partial charge >= 0.3 is 5.97 Å². The fourth-order valence-corrected chi connectivity index (χ4v) is 10.5. The first kappa shape index (κ1) is 40.5. The first-order valence-electron chi connectivity index (χ1n) is 21.2. The fourth-order valence-electron chi connectivity index (χ4n) is 10.5. The van der Waals surface area contributed by atoms with Crippen LogP contribution < -0.4 is 21.2 Å². The molecule has 4 bridgehead atoms. The largest absolute Gasteiger partial charge is 0.508 e. The van der Waals surface area contributed by atoms with Crippen molar-refractivity contribution >= 4 is 28.6 Å². The van der Waals surface area contributed by atoms with E-state index in [1.807, 2.05) is 25.3 Å². The Bertz CT molecular complexity index is 2670. The second kappa shape index (κ2) is 15.5. The van der Waals surface area contributed by atoms with Crippen LogP contribution in [0.3, 0.4) is 0 Å². The summed E-state index contributed by atoms with van der Waals surface area (Å²) in [6, 6.07) is 10.7. The molecule has 0 unspecified atom stereocenters. The molecule has 7 atom stereocenters. The highest BCUT2D eigenvalue weighted by molar-refractivity contribution is 5.92. The number of pyridine rings is 2. The van der Waals surface area contributed by atoms with Gasteiger partial charge in [-0.1, -0.05) is 18.2 Å². The Balaban J connectivity index is 1.39. The molecule has 4 aliphatic rings. The molecule has 13 heteroatoms. The number of aromatic hydroxyl groups is 2. The average molecular weight is 829 g/mol. The second-order valence-electron chi connectivity index (χ2n) is 17.5. The normalized spacial score (nSPS) is 25.4. The van der Waals surface area contributed by atoms with Crippen LogP contribution in [0, 0.1) is 5.92 Å². The van der Waals surface area contributed by atoms with Gasteiger partial charge in [-0.2, -0.15) is 0 Å². The molecule has 13 nitrogen and oxygen atoms in total. The maximum absolute atomic E-state index is 14.1. The third kappa shape index (κ3) is 6.78. The number of carbonyl (C=O) groups is 1. The molecule has 0 saturated carbocycles. The highest BCUT2D eigenvalue weighted by Gasteiger charge is 2.54. The van der Waals surface area contributed by atoms with Gasteiger partial charge in [-0.25, -0.2) is 14.8 Å². The molecular weight excluding hydrogens is 777 g/mol. The maximum Gasteiger partial charge on any atom is 0.333 e. The number of fused-ring (bicyclic) bond motifs is 6. The number of hydrogen-bond acceptors (Lipinski definition) is 13. The molecule has 9 rings (SSSR count). The van der Waals surface area contributed by atoms with Crippen molar-refractivity contribution in [2.24, 2.45) is 5.92 Å². The van der Waals surface area contributed by atoms with Crippen LogP contribution in [-0.2, 0) is 41.8 Å². The zero-order valence-electron chi connectivity index (χ0n) is 34.8. The molecule has 318 valence electrons. The lowest BCUT2D eigenvalue weighted by molar-refractivity contribution is -0.165. The zero-order valence-corrected chi connectivity index (χ0v) is 34.8. The third-order valence-corrected chi connectivity index (χ3v) is 13.9. The Kier molecular flexibility index (Phi) is 10.3. The first-order chi connectivity index (χ1) is 29.3. The number of anilines is 2. The minimum Gasteiger partial charge on any atom is -0.508 e. The molecular formula is C48H52N4O9. The van der Waals surface area contributed by atoms with Crippen LogP contribution in [0.1, 0.15) is 115 Å². The molecule has 6 heterocycles. The van der Waals surface area contributed by atoms with Crippen molar-refractivity contribution in [3.05, 3.63) is 121 Å².